The molecule has 0 radical (unpaired) electrons. The Balaban J connectivity index is 1.51. The molecule has 2 bridgehead atoms. The van der Waals surface area contributed by atoms with Crippen LogP contribution in [0.1, 0.15) is 78.2 Å². The second kappa shape index (κ2) is 14.4. The summed E-state index contributed by atoms with van der Waals surface area (Å²) < 4.78 is 21.7. The van der Waals surface area contributed by atoms with Crippen molar-refractivity contribution in [1.82, 2.24) is 0 Å². The lowest BCUT2D eigenvalue weighted by molar-refractivity contribution is 0.0433. The Morgan fingerprint density at radius 3 is 1.23 bits per heavy atom. The van der Waals surface area contributed by atoms with Crippen molar-refractivity contribution in [3.63, 3.8) is 0 Å². The minimum absolute atomic E-state index is 0.0506. The van der Waals surface area contributed by atoms with E-state index in [1.54, 1.807) is 48.5 Å². The highest BCUT2D eigenvalue weighted by Gasteiger charge is 2.20. The number of allylic oxidation sites excluding steroid dienone is 2. The maximum Gasteiger partial charge on any atom is 0.339 e. The van der Waals surface area contributed by atoms with E-state index in [9.17, 15) is 19.2 Å². The first-order chi connectivity index (χ1) is 19.5. The van der Waals surface area contributed by atoms with Crippen LogP contribution >= 0.6 is 0 Å². The van der Waals surface area contributed by atoms with Gasteiger partial charge in [-0.25, -0.2) is 19.2 Å². The molecule has 3 aromatic rings. The Bertz CT molecular complexity index is 1290. The van der Waals surface area contributed by atoms with Crippen molar-refractivity contribution >= 4 is 23.9 Å². The lowest BCUT2D eigenvalue weighted by atomic mass is 10.1. The van der Waals surface area contributed by atoms with Crippen LogP contribution in [0.4, 0.5) is 0 Å². The standard InChI is InChI=1S/C32H30O8/c33-29-25-14-5-7-16-27(25)31(35)39-21-23-12-11-13-24(20-23)22-40-32(36)28-17-8-6-15-26(28)30(34)38-19-10-4-2-1-3-9-18-37-29/h1-2,5-8,11-17,20H,3-4,9-10,18-19,21-22H2/b2-1-. The molecule has 0 unspecified atom stereocenters. The molecule has 4 rings (SSSR count). The maximum atomic E-state index is 12.8. The Hall–Kier alpha value is -4.72. The number of carbonyl (C=O) groups is 4. The van der Waals surface area contributed by atoms with Gasteiger partial charge in [-0.3, -0.25) is 0 Å². The van der Waals surface area contributed by atoms with E-state index in [2.05, 4.69) is 0 Å². The van der Waals surface area contributed by atoms with E-state index in [1.165, 1.54) is 24.3 Å². The van der Waals surface area contributed by atoms with E-state index >= 15 is 0 Å². The van der Waals surface area contributed by atoms with Crippen LogP contribution in [0.25, 0.3) is 0 Å². The molecule has 0 fully saturated rings. The SMILES string of the molecule is O=C1OCCC/C=C\CCCOC(=O)c2ccccc2C(=O)OCc2cccc(c2)COC(=O)c2ccccc21. The zero-order valence-corrected chi connectivity index (χ0v) is 22.0. The number of cyclic esters (lactones) is 4. The zero-order chi connectivity index (χ0) is 28.2. The van der Waals surface area contributed by atoms with Crippen LogP contribution in [0.15, 0.2) is 84.9 Å². The number of hydrogen-bond donors (Lipinski definition) is 0. The smallest absolute Gasteiger partial charge is 0.339 e. The third-order valence-electron chi connectivity index (χ3n) is 6.13. The molecule has 3 aromatic carbocycles. The van der Waals surface area contributed by atoms with Crippen LogP contribution in [0, 0.1) is 0 Å². The Kier molecular flexibility index (Phi) is 10.2. The van der Waals surface area contributed by atoms with Gasteiger partial charge in [0.05, 0.1) is 35.5 Å². The molecule has 1 heterocycles. The Labute approximate surface area is 232 Å². The first kappa shape index (κ1) is 28.3. The summed E-state index contributed by atoms with van der Waals surface area (Å²) in [7, 11) is 0. The summed E-state index contributed by atoms with van der Waals surface area (Å²) >= 11 is 0. The summed E-state index contributed by atoms with van der Waals surface area (Å²) in [6.45, 7) is 0.310. The number of rotatable bonds is 0. The molecule has 0 aliphatic carbocycles. The average molecular weight is 543 g/mol. The molecule has 0 atom stereocenters. The molecule has 0 saturated carbocycles. The highest BCUT2D eigenvalue weighted by atomic mass is 16.5. The summed E-state index contributed by atoms with van der Waals surface area (Å²) in [5, 5.41) is 0. The third kappa shape index (κ3) is 7.89. The van der Waals surface area contributed by atoms with Crippen LogP contribution in [0.3, 0.4) is 0 Å². The summed E-state index contributed by atoms with van der Waals surface area (Å²) in [6, 6.07) is 19.8. The van der Waals surface area contributed by atoms with Crippen molar-refractivity contribution in [2.24, 2.45) is 0 Å². The van der Waals surface area contributed by atoms with Gasteiger partial charge in [0.1, 0.15) is 13.2 Å². The highest BCUT2D eigenvalue weighted by molar-refractivity contribution is 6.03. The number of esters is 4. The fraction of sp³-hybridized carbons (Fsp3) is 0.250. The molecule has 0 N–H and O–H groups in total. The normalized spacial score (nSPS) is 16.9. The van der Waals surface area contributed by atoms with Crippen molar-refractivity contribution in [2.75, 3.05) is 13.2 Å². The lowest BCUT2D eigenvalue weighted by Gasteiger charge is -2.11. The van der Waals surface area contributed by atoms with Gasteiger partial charge in [-0.05, 0) is 67.1 Å². The van der Waals surface area contributed by atoms with E-state index in [0.29, 0.717) is 36.8 Å². The van der Waals surface area contributed by atoms with Gasteiger partial charge < -0.3 is 18.9 Å². The number of hydrogen-bond acceptors (Lipinski definition) is 8. The van der Waals surface area contributed by atoms with Gasteiger partial charge in [0, 0.05) is 0 Å². The van der Waals surface area contributed by atoms with E-state index in [-0.39, 0.29) is 48.7 Å². The van der Waals surface area contributed by atoms with E-state index < -0.39 is 23.9 Å². The average Bonchev–Trinajstić information content (AvgIpc) is 2.99. The van der Waals surface area contributed by atoms with Gasteiger partial charge >= 0.3 is 23.9 Å². The minimum atomic E-state index is -0.652. The first-order valence-corrected chi connectivity index (χ1v) is 13.1. The maximum absolute atomic E-state index is 12.8. The molecule has 40 heavy (non-hydrogen) atoms. The topological polar surface area (TPSA) is 105 Å². The second-order valence-electron chi connectivity index (χ2n) is 9.09. The van der Waals surface area contributed by atoms with E-state index in [4.69, 9.17) is 18.9 Å². The Morgan fingerprint density at radius 1 is 0.450 bits per heavy atom. The van der Waals surface area contributed by atoms with Gasteiger partial charge in [-0.15, -0.1) is 0 Å². The molecule has 8 nitrogen and oxygen atoms in total. The van der Waals surface area contributed by atoms with Crippen molar-refractivity contribution in [3.05, 3.63) is 118 Å². The molecule has 0 aromatic heterocycles. The van der Waals surface area contributed by atoms with E-state index in [1.807, 2.05) is 12.2 Å². The second-order valence-corrected chi connectivity index (χ2v) is 9.09. The molecule has 0 amide bonds. The van der Waals surface area contributed by atoms with Crippen LogP contribution in [-0.2, 0) is 32.2 Å². The summed E-state index contributed by atoms with van der Waals surface area (Å²) in [5.41, 5.74) is 1.87. The molecule has 0 saturated heterocycles. The molecule has 1 aliphatic rings. The van der Waals surface area contributed by atoms with Gasteiger partial charge in [0.25, 0.3) is 0 Å². The van der Waals surface area contributed by atoms with Crippen LogP contribution in [0.5, 0.6) is 0 Å². The zero-order valence-electron chi connectivity index (χ0n) is 22.0. The molecule has 206 valence electrons. The molecule has 0 spiro atoms. The van der Waals surface area contributed by atoms with Crippen molar-refractivity contribution < 1.29 is 38.1 Å². The minimum Gasteiger partial charge on any atom is -0.462 e. The fourth-order valence-corrected chi connectivity index (χ4v) is 4.06. The van der Waals surface area contributed by atoms with Crippen molar-refractivity contribution in [2.45, 2.75) is 38.9 Å². The largest absolute Gasteiger partial charge is 0.462 e. The van der Waals surface area contributed by atoms with Crippen LogP contribution < -0.4 is 0 Å². The summed E-state index contributed by atoms with van der Waals surface area (Å²) in [5.74, 6) is -2.48. The molecular weight excluding hydrogens is 512 g/mol. The van der Waals surface area contributed by atoms with Gasteiger partial charge in [-0.1, -0.05) is 54.6 Å². The first-order valence-electron chi connectivity index (χ1n) is 13.1. The van der Waals surface area contributed by atoms with Crippen LogP contribution in [-0.4, -0.2) is 37.1 Å². The number of fused-ring (bicyclic) bond motifs is 4. The number of benzene rings is 3. The van der Waals surface area contributed by atoms with Crippen molar-refractivity contribution in [1.29, 1.82) is 0 Å². The quantitative estimate of drug-likeness (QED) is 0.198. The lowest BCUT2D eigenvalue weighted by Crippen LogP contribution is -2.15. The van der Waals surface area contributed by atoms with Gasteiger partial charge in [0.2, 0.25) is 0 Å². The van der Waals surface area contributed by atoms with Gasteiger partial charge in [0.15, 0.2) is 0 Å². The van der Waals surface area contributed by atoms with E-state index in [0.717, 1.165) is 0 Å². The summed E-state index contributed by atoms with van der Waals surface area (Å²) in [6.07, 6.45) is 6.59. The molecule has 1 aliphatic heterocycles. The predicted octanol–water partition coefficient (Wildman–Crippen LogP) is 5.84. The van der Waals surface area contributed by atoms with Gasteiger partial charge in [-0.2, -0.15) is 0 Å². The Morgan fingerprint density at radius 2 is 0.825 bits per heavy atom. The summed E-state index contributed by atoms with van der Waals surface area (Å²) in [4.78, 5) is 50.9. The monoisotopic (exact) mass is 542 g/mol. The third-order valence-corrected chi connectivity index (χ3v) is 6.13. The molecule has 8 heteroatoms. The molecular formula is C32H30O8. The van der Waals surface area contributed by atoms with Crippen molar-refractivity contribution in [3.8, 4) is 0 Å². The number of ether oxygens (including phenoxy) is 4. The number of carbonyl (C=O) groups excluding carboxylic acids is 4. The highest BCUT2D eigenvalue weighted by Crippen LogP contribution is 2.17. The fourth-order valence-electron chi connectivity index (χ4n) is 4.06. The predicted molar refractivity (Wildman–Crippen MR) is 146 cm³/mol. The van der Waals surface area contributed by atoms with Crippen LogP contribution in [0.2, 0.25) is 0 Å².